The first-order valence-corrected chi connectivity index (χ1v) is 12.2. The van der Waals surface area contributed by atoms with Crippen molar-refractivity contribution in [3.63, 3.8) is 0 Å². The molecule has 1 fully saturated rings. The van der Waals surface area contributed by atoms with E-state index in [1.54, 1.807) is 20.3 Å². The van der Waals surface area contributed by atoms with Gasteiger partial charge < -0.3 is 19.1 Å². The van der Waals surface area contributed by atoms with E-state index < -0.39 is 0 Å². The zero-order valence-electron chi connectivity index (χ0n) is 20.3. The number of hydrogen-bond donors (Lipinski definition) is 0. The number of benzene rings is 2. The lowest BCUT2D eigenvalue weighted by Gasteiger charge is -2.29. The van der Waals surface area contributed by atoms with E-state index in [9.17, 15) is 4.79 Å². The van der Waals surface area contributed by atoms with Gasteiger partial charge in [0.1, 0.15) is 6.61 Å². The molecule has 35 heavy (non-hydrogen) atoms. The predicted octanol–water partition coefficient (Wildman–Crippen LogP) is 4.86. The lowest BCUT2D eigenvalue weighted by molar-refractivity contribution is -0.134. The second-order valence-electron chi connectivity index (χ2n) is 9.17. The molecular formula is C28H31N3O4. The van der Waals surface area contributed by atoms with Crippen LogP contribution in [0.25, 0.3) is 11.3 Å². The van der Waals surface area contributed by atoms with Gasteiger partial charge in [-0.3, -0.25) is 4.79 Å². The second-order valence-corrected chi connectivity index (χ2v) is 9.17. The highest BCUT2D eigenvalue weighted by molar-refractivity contribution is 5.84. The molecule has 7 nitrogen and oxygen atoms in total. The smallest absolute Gasteiger partial charge is 0.233 e. The number of amides is 1. The maximum absolute atomic E-state index is 14.0. The number of carbonyl (C=O) groups is 1. The second kappa shape index (κ2) is 10.3. The molecule has 1 atom stereocenters. The van der Waals surface area contributed by atoms with Crippen LogP contribution in [-0.2, 0) is 11.3 Å². The first-order chi connectivity index (χ1) is 17.2. The van der Waals surface area contributed by atoms with E-state index in [-0.39, 0.29) is 11.8 Å². The Morgan fingerprint density at radius 1 is 1.03 bits per heavy atom. The lowest BCUT2D eigenvalue weighted by atomic mass is 9.83. The molecule has 0 radical (unpaired) electrons. The van der Waals surface area contributed by atoms with E-state index in [1.807, 2.05) is 41.3 Å². The predicted molar refractivity (Wildman–Crippen MR) is 133 cm³/mol. The third-order valence-electron chi connectivity index (χ3n) is 7.07. The average Bonchev–Trinajstić information content (AvgIpc) is 3.34. The van der Waals surface area contributed by atoms with Crippen LogP contribution in [-0.4, -0.2) is 48.4 Å². The number of carbonyl (C=O) groups excluding carboxylic acids is 1. The molecule has 1 aromatic heterocycles. The number of aromatic nitrogens is 2. The molecule has 1 unspecified atom stereocenters. The van der Waals surface area contributed by atoms with E-state index in [0.717, 1.165) is 29.5 Å². The maximum Gasteiger partial charge on any atom is 0.233 e. The van der Waals surface area contributed by atoms with Gasteiger partial charge in [0.2, 0.25) is 11.8 Å². The van der Waals surface area contributed by atoms with Crippen LogP contribution in [0, 0.1) is 5.92 Å². The Hall–Kier alpha value is -3.61. The number of fused-ring (bicyclic) bond motifs is 1. The first kappa shape index (κ1) is 23.1. The largest absolute Gasteiger partial charge is 0.493 e. The number of nitrogens with zero attached hydrogens (tertiary/aromatic N) is 3. The molecule has 7 heteroatoms. The van der Waals surface area contributed by atoms with Gasteiger partial charge >= 0.3 is 0 Å². The fourth-order valence-electron chi connectivity index (χ4n) is 5.32. The van der Waals surface area contributed by atoms with Crippen molar-refractivity contribution in [1.82, 2.24) is 15.1 Å². The molecule has 2 aliphatic rings. The summed E-state index contributed by atoms with van der Waals surface area (Å²) in [5.74, 6) is 2.19. The number of rotatable bonds is 6. The number of hydrogen-bond acceptors (Lipinski definition) is 6. The van der Waals surface area contributed by atoms with Crippen LogP contribution in [0.3, 0.4) is 0 Å². The summed E-state index contributed by atoms with van der Waals surface area (Å²) < 4.78 is 16.9. The molecule has 1 amide bonds. The van der Waals surface area contributed by atoms with Gasteiger partial charge in [0, 0.05) is 23.7 Å². The van der Waals surface area contributed by atoms with Crippen molar-refractivity contribution in [1.29, 1.82) is 0 Å². The highest BCUT2D eigenvalue weighted by Gasteiger charge is 2.36. The Morgan fingerprint density at radius 2 is 1.83 bits per heavy atom. The summed E-state index contributed by atoms with van der Waals surface area (Å²) in [5.41, 5.74) is 3.56. The normalized spacial score (nSPS) is 16.7. The summed E-state index contributed by atoms with van der Waals surface area (Å²) in [6.07, 6.45) is 4.58. The van der Waals surface area contributed by atoms with Gasteiger partial charge in [0.25, 0.3) is 0 Å². The maximum atomic E-state index is 14.0. The van der Waals surface area contributed by atoms with Gasteiger partial charge in [-0.1, -0.05) is 43.2 Å². The van der Waals surface area contributed by atoms with Gasteiger partial charge in [-0.2, -0.15) is 0 Å². The molecule has 2 aromatic carbocycles. The van der Waals surface area contributed by atoms with Crippen LogP contribution in [0.5, 0.6) is 17.4 Å². The van der Waals surface area contributed by atoms with Crippen molar-refractivity contribution in [3.05, 3.63) is 65.7 Å². The minimum atomic E-state index is -0.127. The van der Waals surface area contributed by atoms with Crippen molar-refractivity contribution in [2.24, 2.45) is 5.92 Å². The Kier molecular flexibility index (Phi) is 6.84. The van der Waals surface area contributed by atoms with Crippen LogP contribution in [0.15, 0.2) is 54.6 Å². The highest BCUT2D eigenvalue weighted by atomic mass is 16.5. The molecular weight excluding hydrogens is 442 g/mol. The topological polar surface area (TPSA) is 73.8 Å². The number of ether oxygens (including phenoxy) is 3. The molecule has 3 aromatic rings. The zero-order valence-corrected chi connectivity index (χ0v) is 20.3. The van der Waals surface area contributed by atoms with Crippen molar-refractivity contribution in [2.45, 2.75) is 38.1 Å². The summed E-state index contributed by atoms with van der Waals surface area (Å²) in [6.45, 7) is 1.41. The van der Waals surface area contributed by atoms with E-state index >= 15 is 0 Å². The van der Waals surface area contributed by atoms with Gasteiger partial charge in [-0.15, -0.1) is 10.2 Å². The Balaban J connectivity index is 1.48. The van der Waals surface area contributed by atoms with Crippen molar-refractivity contribution in [2.75, 3.05) is 27.4 Å². The molecule has 0 spiro atoms. The average molecular weight is 474 g/mol. The fraction of sp³-hybridized carbons (Fsp3) is 0.393. The van der Waals surface area contributed by atoms with Crippen LogP contribution < -0.4 is 14.2 Å². The van der Waals surface area contributed by atoms with Crippen LogP contribution >= 0.6 is 0 Å². The van der Waals surface area contributed by atoms with E-state index in [4.69, 9.17) is 14.2 Å². The monoisotopic (exact) mass is 473 g/mol. The van der Waals surface area contributed by atoms with Crippen molar-refractivity contribution >= 4 is 5.91 Å². The quantitative estimate of drug-likeness (QED) is 0.509. The van der Waals surface area contributed by atoms with Gasteiger partial charge in [-0.25, -0.2) is 0 Å². The SMILES string of the molecule is COc1ccc(-c2cc3c(c(OC)c2)OCCN(C(=O)C(c2ccccc2)C2CCCC2)C3)nn1. The van der Waals surface area contributed by atoms with Gasteiger partial charge in [0.15, 0.2) is 11.5 Å². The Morgan fingerprint density at radius 3 is 2.51 bits per heavy atom. The van der Waals surface area contributed by atoms with Crippen LogP contribution in [0.2, 0.25) is 0 Å². The van der Waals surface area contributed by atoms with Crippen molar-refractivity contribution in [3.8, 4) is 28.6 Å². The highest BCUT2D eigenvalue weighted by Crippen LogP contribution is 2.41. The van der Waals surface area contributed by atoms with Gasteiger partial charge in [-0.05, 0) is 42.5 Å². The molecule has 0 saturated heterocycles. The Bertz CT molecular complexity index is 1160. The number of methoxy groups -OCH3 is 2. The summed E-state index contributed by atoms with van der Waals surface area (Å²) in [5, 5.41) is 8.38. The molecule has 2 heterocycles. The molecule has 1 aliphatic carbocycles. The summed E-state index contributed by atoms with van der Waals surface area (Å²) in [6, 6.07) is 17.8. The molecule has 0 N–H and O–H groups in total. The summed E-state index contributed by atoms with van der Waals surface area (Å²) >= 11 is 0. The minimum Gasteiger partial charge on any atom is -0.493 e. The molecule has 1 saturated carbocycles. The van der Waals surface area contributed by atoms with Crippen LogP contribution in [0.4, 0.5) is 0 Å². The third-order valence-corrected chi connectivity index (χ3v) is 7.07. The van der Waals surface area contributed by atoms with E-state index in [1.165, 1.54) is 12.8 Å². The molecule has 0 bridgehead atoms. The third kappa shape index (κ3) is 4.81. The van der Waals surface area contributed by atoms with Crippen molar-refractivity contribution < 1.29 is 19.0 Å². The summed E-state index contributed by atoms with van der Waals surface area (Å²) in [4.78, 5) is 16.0. The summed E-state index contributed by atoms with van der Waals surface area (Å²) in [7, 11) is 3.19. The lowest BCUT2D eigenvalue weighted by Crippen LogP contribution is -2.38. The fourth-order valence-corrected chi connectivity index (χ4v) is 5.32. The van der Waals surface area contributed by atoms with Crippen LogP contribution in [0.1, 0.15) is 42.7 Å². The van der Waals surface area contributed by atoms with E-state index in [2.05, 4.69) is 22.3 Å². The first-order valence-electron chi connectivity index (χ1n) is 12.2. The zero-order chi connectivity index (χ0) is 24.2. The molecule has 182 valence electrons. The Labute approximate surface area is 206 Å². The van der Waals surface area contributed by atoms with Gasteiger partial charge in [0.05, 0.1) is 32.4 Å². The standard InChI is InChI=1S/C28H31N3O4/c1-33-24-17-21(23-12-13-25(34-2)30-29-23)16-22-18-31(14-15-35-27(22)24)28(32)26(20-10-6-7-11-20)19-8-4-3-5-9-19/h3-5,8-9,12-13,16-17,20,26H,6-7,10-11,14-15,18H2,1-2H3. The molecule has 1 aliphatic heterocycles. The van der Waals surface area contributed by atoms with E-state index in [0.29, 0.717) is 48.7 Å². The molecule has 5 rings (SSSR count). The minimum absolute atomic E-state index is 0.127.